The van der Waals surface area contributed by atoms with Crippen molar-refractivity contribution in [3.63, 3.8) is 0 Å². The fourth-order valence-electron chi connectivity index (χ4n) is 1.97. The molecule has 3 rings (SSSR count). The van der Waals surface area contributed by atoms with Crippen molar-refractivity contribution in [3.05, 3.63) is 53.3 Å². The molecule has 0 N–H and O–H groups in total. The van der Waals surface area contributed by atoms with Crippen molar-refractivity contribution in [1.82, 2.24) is 14.8 Å². The Morgan fingerprint density at radius 3 is 2.54 bits per heavy atom. The molecule has 1 aromatic carbocycles. The molecule has 0 bridgehead atoms. The van der Waals surface area contributed by atoms with Crippen LogP contribution in [0.1, 0.15) is 20.8 Å². The molecule has 0 aliphatic heterocycles. The Hall–Kier alpha value is -3.00. The van der Waals surface area contributed by atoms with Gasteiger partial charge in [-0.2, -0.15) is 5.10 Å². The largest absolute Gasteiger partial charge is 0.465 e. The Labute approximate surface area is 141 Å². The molecule has 7 nitrogen and oxygen atoms in total. The number of hydrogen-bond acceptors (Lipinski definition) is 7. The van der Waals surface area contributed by atoms with E-state index in [0.717, 1.165) is 5.56 Å². The predicted octanol–water partition coefficient (Wildman–Crippen LogP) is 2.55. The Balaban J connectivity index is 1.71. The molecular formula is C16H13N3O4S. The molecule has 0 saturated heterocycles. The van der Waals surface area contributed by atoms with Gasteiger partial charge in [-0.1, -0.05) is 0 Å². The van der Waals surface area contributed by atoms with Gasteiger partial charge in [0.25, 0.3) is 0 Å². The van der Waals surface area contributed by atoms with Gasteiger partial charge in [0.1, 0.15) is 10.8 Å². The Morgan fingerprint density at radius 1 is 1.17 bits per heavy atom. The van der Waals surface area contributed by atoms with E-state index in [0.29, 0.717) is 16.3 Å². The van der Waals surface area contributed by atoms with Crippen LogP contribution in [0.4, 0.5) is 0 Å². The number of nitrogens with zero attached hydrogens (tertiary/aromatic N) is 3. The predicted molar refractivity (Wildman–Crippen MR) is 87.1 cm³/mol. The van der Waals surface area contributed by atoms with Crippen LogP contribution in [0.3, 0.4) is 0 Å². The quantitative estimate of drug-likeness (QED) is 0.535. The van der Waals surface area contributed by atoms with Gasteiger partial charge in [-0.3, -0.25) is 4.68 Å². The second-order valence-electron chi connectivity index (χ2n) is 4.85. The normalized spacial score (nSPS) is 10.4. The van der Waals surface area contributed by atoms with E-state index in [1.54, 1.807) is 16.3 Å². The molecule has 8 heteroatoms. The maximum Gasteiger partial charge on any atom is 0.363 e. The summed E-state index contributed by atoms with van der Waals surface area (Å²) in [4.78, 5) is 27.8. The highest BCUT2D eigenvalue weighted by Crippen LogP contribution is 2.24. The maximum atomic E-state index is 12.1. The van der Waals surface area contributed by atoms with Crippen molar-refractivity contribution < 1.29 is 19.1 Å². The number of hydrogen-bond donors (Lipinski definition) is 0. The molecule has 2 heterocycles. The zero-order chi connectivity index (χ0) is 17.1. The molecule has 0 fully saturated rings. The SMILES string of the molecule is COC(=O)c1ccc(OC(=O)c2csc(-c3cnn(C)c3)n2)cc1. The molecule has 24 heavy (non-hydrogen) atoms. The highest BCUT2D eigenvalue weighted by molar-refractivity contribution is 7.13. The van der Waals surface area contributed by atoms with E-state index in [1.807, 2.05) is 13.2 Å². The zero-order valence-electron chi connectivity index (χ0n) is 12.9. The van der Waals surface area contributed by atoms with Gasteiger partial charge >= 0.3 is 11.9 Å². The summed E-state index contributed by atoms with van der Waals surface area (Å²) in [6.07, 6.45) is 3.50. The fourth-order valence-corrected chi connectivity index (χ4v) is 2.73. The van der Waals surface area contributed by atoms with E-state index >= 15 is 0 Å². The topological polar surface area (TPSA) is 83.3 Å². The van der Waals surface area contributed by atoms with Crippen LogP contribution >= 0.6 is 11.3 Å². The van der Waals surface area contributed by atoms with Crippen molar-refractivity contribution in [2.45, 2.75) is 0 Å². The van der Waals surface area contributed by atoms with E-state index < -0.39 is 11.9 Å². The molecule has 0 saturated carbocycles. The van der Waals surface area contributed by atoms with Crippen LogP contribution in [0.2, 0.25) is 0 Å². The number of carbonyl (C=O) groups is 2. The summed E-state index contributed by atoms with van der Waals surface area (Å²) in [5.41, 5.74) is 1.43. The molecule has 0 spiro atoms. The van der Waals surface area contributed by atoms with Gasteiger partial charge in [0, 0.05) is 24.2 Å². The molecule has 0 aliphatic rings. The van der Waals surface area contributed by atoms with Gasteiger partial charge in [0.2, 0.25) is 0 Å². The summed E-state index contributed by atoms with van der Waals surface area (Å²) in [5, 5.41) is 6.40. The lowest BCUT2D eigenvalue weighted by Crippen LogP contribution is -2.09. The highest BCUT2D eigenvalue weighted by atomic mass is 32.1. The average molecular weight is 343 g/mol. The molecule has 0 unspecified atom stereocenters. The lowest BCUT2D eigenvalue weighted by atomic mass is 10.2. The van der Waals surface area contributed by atoms with E-state index in [2.05, 4.69) is 14.8 Å². The minimum Gasteiger partial charge on any atom is -0.465 e. The van der Waals surface area contributed by atoms with Gasteiger partial charge in [-0.15, -0.1) is 11.3 Å². The lowest BCUT2D eigenvalue weighted by Gasteiger charge is -2.03. The smallest absolute Gasteiger partial charge is 0.363 e. The highest BCUT2D eigenvalue weighted by Gasteiger charge is 2.15. The van der Waals surface area contributed by atoms with Crippen molar-refractivity contribution in [2.24, 2.45) is 7.05 Å². The number of thiazole rings is 1. The maximum absolute atomic E-state index is 12.1. The third-order valence-electron chi connectivity index (χ3n) is 3.15. The first-order chi connectivity index (χ1) is 11.6. The molecule has 2 aromatic heterocycles. The number of aromatic nitrogens is 3. The van der Waals surface area contributed by atoms with Gasteiger partial charge < -0.3 is 9.47 Å². The lowest BCUT2D eigenvalue weighted by molar-refractivity contribution is 0.0600. The molecule has 0 aliphatic carbocycles. The second kappa shape index (κ2) is 6.63. The summed E-state index contributed by atoms with van der Waals surface area (Å²) in [7, 11) is 3.11. The van der Waals surface area contributed by atoms with Gasteiger partial charge in [0.15, 0.2) is 5.69 Å². The number of esters is 2. The molecule has 122 valence electrons. The molecule has 0 atom stereocenters. The Kier molecular flexibility index (Phi) is 4.39. The number of benzene rings is 1. The van der Waals surface area contributed by atoms with Crippen molar-refractivity contribution in [2.75, 3.05) is 7.11 Å². The summed E-state index contributed by atoms with van der Waals surface area (Å²) in [6, 6.07) is 6.10. The first kappa shape index (κ1) is 15.9. The monoisotopic (exact) mass is 343 g/mol. The third kappa shape index (κ3) is 3.33. The first-order valence-electron chi connectivity index (χ1n) is 6.92. The Bertz CT molecular complexity index is 883. The molecule has 0 radical (unpaired) electrons. The number of rotatable bonds is 4. The van der Waals surface area contributed by atoms with Crippen LogP contribution in [0, 0.1) is 0 Å². The minimum atomic E-state index is -0.563. The van der Waals surface area contributed by atoms with E-state index in [9.17, 15) is 9.59 Å². The number of aryl methyl sites for hydroxylation is 1. The van der Waals surface area contributed by atoms with Crippen molar-refractivity contribution >= 4 is 23.3 Å². The average Bonchev–Trinajstić information content (AvgIpc) is 3.23. The number of methoxy groups -OCH3 is 1. The minimum absolute atomic E-state index is 0.218. The second-order valence-corrected chi connectivity index (χ2v) is 5.70. The van der Waals surface area contributed by atoms with Crippen LogP contribution in [0.5, 0.6) is 5.75 Å². The van der Waals surface area contributed by atoms with Crippen LogP contribution in [-0.4, -0.2) is 33.8 Å². The fraction of sp³-hybridized carbons (Fsp3) is 0.125. The summed E-state index contributed by atoms with van der Waals surface area (Å²) in [5.74, 6) is -0.690. The van der Waals surface area contributed by atoms with Gasteiger partial charge in [0.05, 0.1) is 18.9 Å². The first-order valence-corrected chi connectivity index (χ1v) is 7.80. The van der Waals surface area contributed by atoms with Crippen molar-refractivity contribution in [3.8, 4) is 16.3 Å². The summed E-state index contributed by atoms with van der Waals surface area (Å²) >= 11 is 1.34. The van der Waals surface area contributed by atoms with Crippen LogP contribution in [0.15, 0.2) is 42.0 Å². The standard InChI is InChI=1S/C16H13N3O4S/c1-19-8-11(7-17-19)14-18-13(9-24-14)16(21)23-12-5-3-10(4-6-12)15(20)22-2/h3-9H,1-2H3. The number of ether oxygens (including phenoxy) is 2. The van der Waals surface area contributed by atoms with E-state index in [-0.39, 0.29) is 5.69 Å². The summed E-state index contributed by atoms with van der Waals surface area (Å²) in [6.45, 7) is 0. The molecule has 0 amide bonds. The van der Waals surface area contributed by atoms with E-state index in [4.69, 9.17) is 4.74 Å². The van der Waals surface area contributed by atoms with Gasteiger partial charge in [-0.25, -0.2) is 14.6 Å². The zero-order valence-corrected chi connectivity index (χ0v) is 13.7. The third-order valence-corrected chi connectivity index (χ3v) is 4.04. The number of carbonyl (C=O) groups excluding carboxylic acids is 2. The van der Waals surface area contributed by atoms with Crippen LogP contribution < -0.4 is 4.74 Å². The van der Waals surface area contributed by atoms with Crippen LogP contribution in [0.25, 0.3) is 10.6 Å². The van der Waals surface area contributed by atoms with Crippen molar-refractivity contribution in [1.29, 1.82) is 0 Å². The Morgan fingerprint density at radius 2 is 1.92 bits per heavy atom. The molecule has 3 aromatic rings. The molecular weight excluding hydrogens is 330 g/mol. The van der Waals surface area contributed by atoms with Gasteiger partial charge in [-0.05, 0) is 24.3 Å². The van der Waals surface area contributed by atoms with Crippen LogP contribution in [-0.2, 0) is 11.8 Å². The van der Waals surface area contributed by atoms with E-state index in [1.165, 1.54) is 42.7 Å². The summed E-state index contributed by atoms with van der Waals surface area (Å²) < 4.78 is 11.5.